The topological polar surface area (TPSA) is 58.0 Å². The lowest BCUT2D eigenvalue weighted by Gasteiger charge is -2.27. The molecule has 0 saturated carbocycles. The molecule has 1 aromatic rings. The Bertz CT molecular complexity index is 354. The second-order valence-corrected chi connectivity index (χ2v) is 4.19. The van der Waals surface area contributed by atoms with Gasteiger partial charge in [-0.1, -0.05) is 0 Å². The van der Waals surface area contributed by atoms with Crippen molar-refractivity contribution in [2.75, 3.05) is 5.32 Å². The van der Waals surface area contributed by atoms with Crippen molar-refractivity contribution in [2.24, 2.45) is 0 Å². The van der Waals surface area contributed by atoms with E-state index >= 15 is 0 Å². The third-order valence-electron chi connectivity index (χ3n) is 2.13. The normalized spacial score (nSPS) is 13.7. The Balaban J connectivity index is 2.85. The summed E-state index contributed by atoms with van der Waals surface area (Å²) in [5, 5.41) is 12.3. The van der Waals surface area contributed by atoms with Gasteiger partial charge in [-0.2, -0.15) is 4.98 Å². The van der Waals surface area contributed by atoms with Gasteiger partial charge in [0.15, 0.2) is 11.6 Å². The fourth-order valence-corrected chi connectivity index (χ4v) is 0.962. The van der Waals surface area contributed by atoms with E-state index in [9.17, 15) is 9.50 Å². The molecule has 0 aliphatic rings. The minimum atomic E-state index is -0.982. The summed E-state index contributed by atoms with van der Waals surface area (Å²) in [4.78, 5) is 7.17. The third kappa shape index (κ3) is 3.28. The van der Waals surface area contributed by atoms with Gasteiger partial charge in [0.25, 0.3) is 0 Å². The standard InChI is InChI=1S/C9H13ClFN3O/c1-5(9(2,3)15)13-7-6(11)4-12-8(10)14-7/h4-5,15H,1-3H3,(H,12,13,14). The number of aromatic nitrogens is 2. The van der Waals surface area contributed by atoms with Crippen LogP contribution in [0.1, 0.15) is 20.8 Å². The number of halogens is 2. The summed E-state index contributed by atoms with van der Waals surface area (Å²) >= 11 is 5.52. The summed E-state index contributed by atoms with van der Waals surface area (Å²) < 4.78 is 13.2. The molecule has 0 amide bonds. The van der Waals surface area contributed by atoms with Gasteiger partial charge >= 0.3 is 0 Å². The molecule has 4 nitrogen and oxygen atoms in total. The molecule has 1 atom stereocenters. The largest absolute Gasteiger partial charge is 0.388 e. The molecule has 15 heavy (non-hydrogen) atoms. The third-order valence-corrected chi connectivity index (χ3v) is 2.31. The lowest BCUT2D eigenvalue weighted by molar-refractivity contribution is 0.0646. The Morgan fingerprint density at radius 2 is 2.20 bits per heavy atom. The van der Waals surface area contributed by atoms with Crippen LogP contribution in [0.3, 0.4) is 0 Å². The lowest BCUT2D eigenvalue weighted by Crippen LogP contribution is -2.39. The van der Waals surface area contributed by atoms with Crippen molar-refractivity contribution >= 4 is 17.4 Å². The highest BCUT2D eigenvalue weighted by atomic mass is 35.5. The zero-order chi connectivity index (χ0) is 11.6. The second-order valence-electron chi connectivity index (χ2n) is 3.86. The molecule has 0 aliphatic carbocycles. The number of aliphatic hydroxyl groups is 1. The minimum Gasteiger partial charge on any atom is -0.388 e. The molecule has 1 unspecified atom stereocenters. The van der Waals surface area contributed by atoms with Crippen LogP contribution in [0.5, 0.6) is 0 Å². The van der Waals surface area contributed by atoms with Gasteiger partial charge in [0, 0.05) is 0 Å². The van der Waals surface area contributed by atoms with E-state index in [0.717, 1.165) is 6.20 Å². The maximum absolute atomic E-state index is 13.2. The summed E-state index contributed by atoms with van der Waals surface area (Å²) in [6, 6.07) is -0.363. The number of nitrogens with zero attached hydrogens (tertiary/aromatic N) is 2. The van der Waals surface area contributed by atoms with Gasteiger partial charge in [0.05, 0.1) is 17.8 Å². The first-order valence-corrected chi connectivity index (χ1v) is 4.85. The molecule has 0 spiro atoms. The van der Waals surface area contributed by atoms with Crippen molar-refractivity contribution < 1.29 is 9.50 Å². The molecule has 1 rings (SSSR count). The van der Waals surface area contributed by atoms with Crippen LogP contribution in [0.25, 0.3) is 0 Å². The Kier molecular flexibility index (Phi) is 3.46. The fraction of sp³-hybridized carbons (Fsp3) is 0.556. The summed E-state index contributed by atoms with van der Waals surface area (Å²) in [5.41, 5.74) is -0.982. The highest BCUT2D eigenvalue weighted by molar-refractivity contribution is 6.28. The Hall–Kier alpha value is -0.940. The smallest absolute Gasteiger partial charge is 0.224 e. The molecule has 0 aromatic carbocycles. The van der Waals surface area contributed by atoms with Crippen molar-refractivity contribution in [1.29, 1.82) is 0 Å². The first-order chi connectivity index (χ1) is 6.80. The van der Waals surface area contributed by atoms with Gasteiger partial charge in [-0.15, -0.1) is 0 Å². The van der Waals surface area contributed by atoms with Crippen molar-refractivity contribution in [2.45, 2.75) is 32.4 Å². The molecule has 84 valence electrons. The summed E-state index contributed by atoms with van der Waals surface area (Å²) in [5.74, 6) is -0.611. The van der Waals surface area contributed by atoms with Crippen LogP contribution in [0, 0.1) is 5.82 Å². The highest BCUT2D eigenvalue weighted by Crippen LogP contribution is 2.17. The van der Waals surface area contributed by atoms with Crippen molar-refractivity contribution in [3.8, 4) is 0 Å². The average molecular weight is 234 g/mol. The molecule has 0 fully saturated rings. The van der Waals surface area contributed by atoms with E-state index in [2.05, 4.69) is 15.3 Å². The number of anilines is 1. The summed E-state index contributed by atoms with van der Waals surface area (Å²) in [6.07, 6.45) is 0.981. The van der Waals surface area contributed by atoms with Crippen molar-refractivity contribution in [1.82, 2.24) is 9.97 Å². The Labute approximate surface area is 92.5 Å². The van der Waals surface area contributed by atoms with Crippen molar-refractivity contribution in [3.05, 3.63) is 17.3 Å². The molecule has 2 N–H and O–H groups in total. The predicted molar refractivity (Wildman–Crippen MR) is 56.4 cm³/mol. The number of hydrogen-bond acceptors (Lipinski definition) is 4. The lowest BCUT2D eigenvalue weighted by atomic mass is 10.0. The van der Waals surface area contributed by atoms with E-state index < -0.39 is 11.4 Å². The van der Waals surface area contributed by atoms with E-state index in [1.807, 2.05) is 0 Å². The van der Waals surface area contributed by atoms with Crippen LogP contribution in [-0.4, -0.2) is 26.7 Å². The maximum Gasteiger partial charge on any atom is 0.224 e. The van der Waals surface area contributed by atoms with Crippen LogP contribution >= 0.6 is 11.6 Å². The monoisotopic (exact) mass is 233 g/mol. The predicted octanol–water partition coefficient (Wildman–Crippen LogP) is 1.84. The molecule has 0 aliphatic heterocycles. The molecule has 1 aromatic heterocycles. The van der Waals surface area contributed by atoms with Gasteiger partial charge in [0.1, 0.15) is 0 Å². The first-order valence-electron chi connectivity index (χ1n) is 4.47. The van der Waals surface area contributed by atoms with E-state index in [1.54, 1.807) is 20.8 Å². The molecule has 0 radical (unpaired) electrons. The number of rotatable bonds is 3. The maximum atomic E-state index is 13.2. The van der Waals surface area contributed by atoms with Gasteiger partial charge < -0.3 is 10.4 Å². The number of hydrogen-bond donors (Lipinski definition) is 2. The number of nitrogens with one attached hydrogen (secondary N) is 1. The molecule has 6 heteroatoms. The summed E-state index contributed by atoms with van der Waals surface area (Å²) in [7, 11) is 0. The van der Waals surface area contributed by atoms with Crippen LogP contribution in [0.4, 0.5) is 10.2 Å². The summed E-state index contributed by atoms with van der Waals surface area (Å²) in [6.45, 7) is 4.95. The van der Waals surface area contributed by atoms with E-state index in [4.69, 9.17) is 11.6 Å². The van der Waals surface area contributed by atoms with E-state index in [1.165, 1.54) is 0 Å². The molecule has 0 saturated heterocycles. The van der Waals surface area contributed by atoms with E-state index in [0.29, 0.717) is 0 Å². The van der Waals surface area contributed by atoms with Gasteiger partial charge in [0.2, 0.25) is 5.28 Å². The van der Waals surface area contributed by atoms with Crippen LogP contribution in [0.15, 0.2) is 6.20 Å². The SMILES string of the molecule is CC(Nc1nc(Cl)ncc1F)C(C)(C)O. The second kappa shape index (κ2) is 4.28. The quantitative estimate of drug-likeness (QED) is 0.783. The Morgan fingerprint density at radius 3 is 2.73 bits per heavy atom. The van der Waals surface area contributed by atoms with Crippen LogP contribution in [0.2, 0.25) is 5.28 Å². The van der Waals surface area contributed by atoms with Crippen LogP contribution in [-0.2, 0) is 0 Å². The molecular formula is C9H13ClFN3O. The van der Waals surface area contributed by atoms with Gasteiger partial charge in [-0.05, 0) is 32.4 Å². The molecular weight excluding hydrogens is 221 g/mol. The minimum absolute atomic E-state index is 0.00961. The van der Waals surface area contributed by atoms with Crippen LogP contribution < -0.4 is 5.32 Å². The Morgan fingerprint density at radius 1 is 1.60 bits per heavy atom. The molecule has 1 heterocycles. The average Bonchev–Trinajstić information content (AvgIpc) is 2.09. The van der Waals surface area contributed by atoms with Crippen molar-refractivity contribution in [3.63, 3.8) is 0 Å². The first kappa shape index (κ1) is 12.1. The molecule has 0 bridgehead atoms. The zero-order valence-electron chi connectivity index (χ0n) is 8.75. The van der Waals surface area contributed by atoms with Gasteiger partial charge in [-0.3, -0.25) is 0 Å². The van der Waals surface area contributed by atoms with E-state index in [-0.39, 0.29) is 17.1 Å². The zero-order valence-corrected chi connectivity index (χ0v) is 9.51. The van der Waals surface area contributed by atoms with Gasteiger partial charge in [-0.25, -0.2) is 9.37 Å². The highest BCUT2D eigenvalue weighted by Gasteiger charge is 2.23. The fourth-order valence-electron chi connectivity index (χ4n) is 0.829.